The first-order valence-electron chi connectivity index (χ1n) is 32.5. The molecule has 0 atom stereocenters. The zero-order valence-electron chi connectivity index (χ0n) is 59.8. The highest BCUT2D eigenvalue weighted by atomic mass is 32.2. The molecule has 34 heteroatoms. The fraction of sp³-hybridized carbons (Fsp3) is 0.288. The van der Waals surface area contributed by atoms with E-state index in [-0.39, 0.29) is 113 Å². The average Bonchev–Trinajstić information content (AvgIpc) is 0.828. The van der Waals surface area contributed by atoms with Crippen molar-refractivity contribution in [2.24, 2.45) is 0 Å². The van der Waals surface area contributed by atoms with Crippen LogP contribution < -0.4 is 44.4 Å². The van der Waals surface area contributed by atoms with Gasteiger partial charge in [-0.15, -0.1) is 0 Å². The predicted octanol–water partition coefficient (Wildman–Crippen LogP) is 13.2. The molecule has 570 valence electrons. The van der Waals surface area contributed by atoms with Gasteiger partial charge in [-0.25, -0.2) is 50.0 Å². The van der Waals surface area contributed by atoms with Crippen molar-refractivity contribution in [2.75, 3.05) is 54.5 Å². The van der Waals surface area contributed by atoms with Crippen LogP contribution in [-0.2, 0) is 60.6 Å². The van der Waals surface area contributed by atoms with Crippen LogP contribution >= 0.6 is 7.60 Å². The molecule has 3 heterocycles. The molecule has 0 unspecified atom stereocenters. The van der Waals surface area contributed by atoms with Crippen LogP contribution in [0.15, 0.2) is 179 Å². The lowest BCUT2D eigenvalue weighted by Gasteiger charge is -2.16. The highest BCUT2D eigenvalue weighted by molar-refractivity contribution is 7.91. The number of aromatic nitrogens is 6. The van der Waals surface area contributed by atoms with Crippen LogP contribution in [0.2, 0.25) is 0 Å². The molecule has 9 aromatic rings. The number of aliphatic hydroxyl groups excluding tert-OH is 1. The molecule has 0 radical (unpaired) electrons. The van der Waals surface area contributed by atoms with E-state index in [1.54, 1.807) is 57.2 Å². The molecule has 0 saturated carbocycles. The van der Waals surface area contributed by atoms with Gasteiger partial charge in [0.15, 0.2) is 52.7 Å². The van der Waals surface area contributed by atoms with Gasteiger partial charge in [-0.1, -0.05) is 7.43 Å². The van der Waals surface area contributed by atoms with Crippen LogP contribution in [0, 0.1) is 0 Å². The second-order valence-corrected chi connectivity index (χ2v) is 31.6. The van der Waals surface area contributed by atoms with Crippen LogP contribution in [0.3, 0.4) is 0 Å². The van der Waals surface area contributed by atoms with Gasteiger partial charge >= 0.3 is 13.6 Å². The smallest absolute Gasteiger partial charge is 0.358 e. The molecule has 0 spiro atoms. The normalized spacial score (nSPS) is 11.3. The molecule has 0 fully saturated rings. The molecule has 0 bridgehead atoms. The van der Waals surface area contributed by atoms with Crippen molar-refractivity contribution in [1.29, 1.82) is 0 Å². The van der Waals surface area contributed by atoms with E-state index < -0.39 is 60.8 Å². The number of carbonyl (C=O) groups is 4. The maximum atomic E-state index is 13.1. The van der Waals surface area contributed by atoms with Gasteiger partial charge in [0.05, 0.1) is 114 Å². The predicted molar refractivity (Wildman–Crippen MR) is 399 cm³/mol. The van der Waals surface area contributed by atoms with Gasteiger partial charge in [-0.3, -0.25) is 28.9 Å². The van der Waals surface area contributed by atoms with Crippen LogP contribution in [0.5, 0.6) is 51.7 Å². The van der Waals surface area contributed by atoms with Gasteiger partial charge in [-0.2, -0.15) is 0 Å². The van der Waals surface area contributed by atoms with Crippen molar-refractivity contribution in [2.45, 2.75) is 116 Å². The Morgan fingerprint density at radius 2 is 0.720 bits per heavy atom. The molecule has 3 amide bonds. The molecule has 107 heavy (non-hydrogen) atoms. The van der Waals surface area contributed by atoms with E-state index in [9.17, 15) is 49.0 Å². The lowest BCUT2D eigenvalue weighted by atomic mass is 10.2. The lowest BCUT2D eigenvalue weighted by molar-refractivity contribution is 0.0518. The second kappa shape index (κ2) is 39.0. The molecule has 0 aliphatic heterocycles. The third-order valence-electron chi connectivity index (χ3n) is 13.4. The number of rotatable bonds is 30. The zero-order chi connectivity index (χ0) is 77.5. The molecule has 9 rings (SSSR count). The number of nitrogens with zero attached hydrogens (tertiary/aromatic N) is 6. The Labute approximate surface area is 621 Å². The lowest BCUT2D eigenvalue weighted by Crippen LogP contribution is -2.15. The Bertz CT molecular complexity index is 4900. The van der Waals surface area contributed by atoms with Gasteiger partial charge in [0, 0.05) is 53.7 Å². The van der Waals surface area contributed by atoms with Crippen molar-refractivity contribution in [1.82, 2.24) is 29.9 Å². The van der Waals surface area contributed by atoms with Crippen LogP contribution in [0.1, 0.15) is 123 Å². The summed E-state index contributed by atoms with van der Waals surface area (Å²) in [6, 6.07) is 31.9. The highest BCUT2D eigenvalue weighted by Gasteiger charge is 2.26. The third-order valence-corrected chi connectivity index (χ3v) is 18.8. The summed E-state index contributed by atoms with van der Waals surface area (Å²) in [6.07, 6.45) is 10.8. The maximum absolute atomic E-state index is 13.1. The first-order chi connectivity index (χ1) is 50.1. The Kier molecular flexibility index (Phi) is 31.0. The largest absolute Gasteiger partial charge is 0.491 e. The summed E-state index contributed by atoms with van der Waals surface area (Å²) < 4.78 is 133. The topological polar surface area (TPSA) is 404 Å². The summed E-state index contributed by atoms with van der Waals surface area (Å²) in [6.45, 7) is 16.7. The average molecular weight is 1550 g/mol. The Hall–Kier alpha value is -10.8. The molecule has 6 aromatic carbocycles. The fourth-order valence-electron chi connectivity index (χ4n) is 8.97. The summed E-state index contributed by atoms with van der Waals surface area (Å²) >= 11 is 0. The highest BCUT2D eigenvalue weighted by Crippen LogP contribution is 2.51. The third kappa shape index (κ3) is 27.6. The van der Waals surface area contributed by atoms with Gasteiger partial charge in [0.1, 0.15) is 51.7 Å². The van der Waals surface area contributed by atoms with E-state index in [1.165, 1.54) is 128 Å². The number of aliphatic hydroxyl groups is 1. The van der Waals surface area contributed by atoms with E-state index in [0.29, 0.717) is 63.1 Å². The number of hydrogen-bond donors (Lipinski definition) is 4. The van der Waals surface area contributed by atoms with Gasteiger partial charge in [0.25, 0.3) is 17.7 Å². The number of ether oxygens (including phenoxy) is 7. The molecule has 0 aliphatic rings. The minimum atomic E-state index is -3.34. The van der Waals surface area contributed by atoms with E-state index in [4.69, 9.17) is 47.3 Å². The number of nitrogens with one attached hydrogen (secondary N) is 3. The minimum absolute atomic E-state index is 0. The molecule has 0 saturated heterocycles. The zero-order valence-corrected chi connectivity index (χ0v) is 63.2. The summed E-state index contributed by atoms with van der Waals surface area (Å²) in [5.74, 6) is 1.84. The second-order valence-electron chi connectivity index (χ2n) is 23.5. The van der Waals surface area contributed by atoms with Crippen LogP contribution in [-0.4, -0.2) is 141 Å². The Morgan fingerprint density at radius 1 is 0.411 bits per heavy atom. The quantitative estimate of drug-likeness (QED) is 0.0240. The first-order valence-corrected chi connectivity index (χ1v) is 39.9. The number of anilines is 3. The number of esters is 1. The van der Waals surface area contributed by atoms with Gasteiger partial charge in [-0.05, 0) is 172 Å². The number of hydrogen-bond acceptors (Lipinski definition) is 27. The summed E-state index contributed by atoms with van der Waals surface area (Å²) in [7, 11) is -13.3. The monoisotopic (exact) mass is 1550 g/mol. The number of benzene rings is 6. The SMILES string of the molecule is C.CC(C)Oc1cc(Oc2ccc(S(C)(=O)=O)cc2)cc(C(=O)Nc2cnc(CO)cn2)c1.CCOC(=O)c1cnc(NC(=O)c2cc(Oc3ccc(S(C)(=O)=O)cc3)cc(OC(C)C)c2)cn1.CCOP(=O)(Cc1cnc(NC(=O)c2cc(Oc3ccc(S(C)(=O)=O)cc3)cc(OC(C)C)c2)cn1)OCC. The maximum Gasteiger partial charge on any atom is 0.358 e. The minimum Gasteiger partial charge on any atom is -0.491 e. The number of sulfone groups is 3. The summed E-state index contributed by atoms with van der Waals surface area (Å²) in [4.78, 5) is 75.3. The van der Waals surface area contributed by atoms with Crippen molar-refractivity contribution < 1.29 is 96.3 Å². The first kappa shape index (κ1) is 85.1. The van der Waals surface area contributed by atoms with Crippen molar-refractivity contribution in [3.63, 3.8) is 0 Å². The van der Waals surface area contributed by atoms with Crippen molar-refractivity contribution >= 4 is 78.3 Å². The standard InChI is InChI=1S/C26H32N3O8PS.C24H25N3O7S.C22H23N3O6S.CH4/c1-6-34-38(31,35-7-2)17-20-15-28-25(16-27-20)29-26(30)19-12-22(36-18(3)4)14-23(13-19)37-21-8-10-24(11-9-21)39(5,32)33;1-5-32-24(29)21-13-26-22(14-25-21)27-23(28)16-10-18(33-15(2)3)12-19(11-16)34-17-6-8-20(9-7-17)35(4,30)31;1-14(2)30-18-8-15(22(27)25-21-12-23-16(13-26)11-24-21)9-19(10-18)31-17-4-6-20(7-5-17)32(3,28)29;/h8-16,18H,6-7,17H2,1-5H3,(H,28,29,30);6-15H,5H2,1-4H3,(H,26,27,28);4-12,14,26H,13H2,1-3H3,(H,24,25,27);1H4. The van der Waals surface area contributed by atoms with Crippen LogP contribution in [0.4, 0.5) is 17.5 Å². The van der Waals surface area contributed by atoms with E-state index >= 15 is 0 Å². The molecule has 30 nitrogen and oxygen atoms in total. The fourth-order valence-corrected chi connectivity index (χ4v) is 12.5. The number of carbonyl (C=O) groups excluding carboxylic acids is 4. The molecule has 3 aromatic heterocycles. The van der Waals surface area contributed by atoms with Crippen molar-refractivity contribution in [3.8, 4) is 51.7 Å². The molecule has 0 aliphatic carbocycles. The molecular formula is C73H84N9O21PS3. The summed E-state index contributed by atoms with van der Waals surface area (Å²) in [5.41, 5.74) is 1.52. The van der Waals surface area contributed by atoms with Crippen molar-refractivity contribution in [3.05, 3.63) is 198 Å². The van der Waals surface area contributed by atoms with E-state index in [0.717, 1.165) is 18.8 Å². The molecule has 4 N–H and O–H groups in total. The molecular weight excluding hydrogens is 1470 g/mol. The Balaban J connectivity index is 0.000000251. The van der Waals surface area contributed by atoms with Crippen LogP contribution in [0.25, 0.3) is 0 Å². The Morgan fingerprint density at radius 3 is 0.981 bits per heavy atom. The van der Waals surface area contributed by atoms with E-state index in [1.807, 2.05) is 41.5 Å². The number of amides is 3. The van der Waals surface area contributed by atoms with Gasteiger partial charge in [0.2, 0.25) is 0 Å². The van der Waals surface area contributed by atoms with E-state index in [2.05, 4.69) is 45.9 Å². The summed E-state index contributed by atoms with van der Waals surface area (Å²) in [5, 5.41) is 17.0. The van der Waals surface area contributed by atoms with Gasteiger partial charge < -0.3 is 63.3 Å².